The van der Waals surface area contributed by atoms with Gasteiger partial charge in [-0.2, -0.15) is 0 Å². The van der Waals surface area contributed by atoms with Gasteiger partial charge in [-0.15, -0.1) is 0 Å². The Hall–Kier alpha value is -2.27. The zero-order chi connectivity index (χ0) is 13.1. The summed E-state index contributed by atoms with van der Waals surface area (Å²) >= 11 is 5.64. The minimum Gasteiger partial charge on any atom is -0.506 e. The molecule has 1 aromatic carbocycles. The predicted molar refractivity (Wildman–Crippen MR) is 66.0 cm³/mol. The van der Waals surface area contributed by atoms with Crippen LogP contribution in [0.5, 0.6) is 5.75 Å². The standard InChI is InChI=1S/C12H8ClNO4/c13-9-3-2-8(5-10(9)15)14-12(17)7-1-4-11(16)18-6-7/h1-6,15H,(H,14,17). The summed E-state index contributed by atoms with van der Waals surface area (Å²) in [6, 6.07) is 6.81. The summed E-state index contributed by atoms with van der Waals surface area (Å²) < 4.78 is 4.57. The maximum Gasteiger partial charge on any atom is 0.335 e. The topological polar surface area (TPSA) is 79.5 Å². The zero-order valence-electron chi connectivity index (χ0n) is 9.01. The van der Waals surface area contributed by atoms with Crippen molar-refractivity contribution < 1.29 is 14.3 Å². The Kier molecular flexibility index (Phi) is 3.34. The number of phenols is 1. The molecule has 0 saturated heterocycles. The van der Waals surface area contributed by atoms with E-state index < -0.39 is 11.5 Å². The lowest BCUT2D eigenvalue weighted by atomic mass is 10.2. The quantitative estimate of drug-likeness (QED) is 0.873. The van der Waals surface area contributed by atoms with E-state index in [4.69, 9.17) is 11.6 Å². The number of hydrogen-bond donors (Lipinski definition) is 2. The van der Waals surface area contributed by atoms with Gasteiger partial charge in [0, 0.05) is 17.8 Å². The molecule has 1 aromatic heterocycles. The molecule has 2 rings (SSSR count). The summed E-state index contributed by atoms with van der Waals surface area (Å²) in [6.07, 6.45) is 1.06. The molecule has 0 aliphatic carbocycles. The van der Waals surface area contributed by atoms with Crippen LogP contribution in [0.2, 0.25) is 5.02 Å². The van der Waals surface area contributed by atoms with E-state index in [2.05, 4.69) is 9.73 Å². The second kappa shape index (κ2) is 4.93. The zero-order valence-corrected chi connectivity index (χ0v) is 9.77. The summed E-state index contributed by atoms with van der Waals surface area (Å²) in [5.74, 6) is -0.588. The van der Waals surface area contributed by atoms with Crippen LogP contribution >= 0.6 is 11.6 Å². The van der Waals surface area contributed by atoms with Crippen LogP contribution in [0.4, 0.5) is 5.69 Å². The Labute approximate surface area is 107 Å². The number of halogens is 1. The maximum atomic E-state index is 11.7. The van der Waals surface area contributed by atoms with Crippen molar-refractivity contribution in [2.75, 3.05) is 5.32 Å². The molecule has 1 heterocycles. The van der Waals surface area contributed by atoms with Gasteiger partial charge in [0.05, 0.1) is 10.6 Å². The lowest BCUT2D eigenvalue weighted by Gasteiger charge is -2.05. The molecule has 5 nitrogen and oxygen atoms in total. The Morgan fingerprint density at radius 1 is 1.28 bits per heavy atom. The van der Waals surface area contributed by atoms with E-state index >= 15 is 0 Å². The largest absolute Gasteiger partial charge is 0.506 e. The van der Waals surface area contributed by atoms with E-state index in [-0.39, 0.29) is 16.3 Å². The van der Waals surface area contributed by atoms with Gasteiger partial charge in [0.1, 0.15) is 12.0 Å². The second-order valence-electron chi connectivity index (χ2n) is 3.46. The molecular formula is C12H8ClNO4. The molecule has 1 amide bonds. The van der Waals surface area contributed by atoms with Crippen LogP contribution in [-0.4, -0.2) is 11.0 Å². The number of benzene rings is 1. The fourth-order valence-corrected chi connectivity index (χ4v) is 1.40. The van der Waals surface area contributed by atoms with Crippen LogP contribution in [0.15, 0.2) is 45.8 Å². The lowest BCUT2D eigenvalue weighted by molar-refractivity contribution is 0.102. The monoisotopic (exact) mass is 265 g/mol. The van der Waals surface area contributed by atoms with E-state index in [1.807, 2.05) is 0 Å². The van der Waals surface area contributed by atoms with Gasteiger partial charge in [-0.3, -0.25) is 4.79 Å². The summed E-state index contributed by atoms with van der Waals surface area (Å²) in [5.41, 5.74) is 0.0489. The number of aromatic hydroxyl groups is 1. The van der Waals surface area contributed by atoms with Crippen molar-refractivity contribution in [1.82, 2.24) is 0 Å². The highest BCUT2D eigenvalue weighted by atomic mass is 35.5. The molecule has 0 spiro atoms. The number of rotatable bonds is 2. The average Bonchev–Trinajstić information content (AvgIpc) is 2.34. The van der Waals surface area contributed by atoms with Crippen molar-refractivity contribution in [3.63, 3.8) is 0 Å². The highest BCUT2D eigenvalue weighted by Gasteiger charge is 2.08. The third kappa shape index (κ3) is 2.70. The van der Waals surface area contributed by atoms with Crippen LogP contribution < -0.4 is 10.9 Å². The first kappa shape index (κ1) is 12.2. The van der Waals surface area contributed by atoms with E-state index in [1.54, 1.807) is 6.07 Å². The number of amides is 1. The van der Waals surface area contributed by atoms with Crippen molar-refractivity contribution in [2.24, 2.45) is 0 Å². The highest BCUT2D eigenvalue weighted by molar-refractivity contribution is 6.32. The Morgan fingerprint density at radius 2 is 2.06 bits per heavy atom. The van der Waals surface area contributed by atoms with Crippen molar-refractivity contribution in [1.29, 1.82) is 0 Å². The van der Waals surface area contributed by atoms with E-state index in [1.165, 1.54) is 18.2 Å². The highest BCUT2D eigenvalue weighted by Crippen LogP contribution is 2.26. The Balaban J connectivity index is 2.18. The molecule has 18 heavy (non-hydrogen) atoms. The molecular weight excluding hydrogens is 258 g/mol. The predicted octanol–water partition coefficient (Wildman–Crippen LogP) is 2.25. The number of anilines is 1. The van der Waals surface area contributed by atoms with E-state index in [9.17, 15) is 14.7 Å². The van der Waals surface area contributed by atoms with Crippen molar-refractivity contribution >= 4 is 23.2 Å². The average molecular weight is 266 g/mol. The second-order valence-corrected chi connectivity index (χ2v) is 3.87. The SMILES string of the molecule is O=C(Nc1ccc(Cl)c(O)c1)c1ccc(=O)oc1. The fourth-order valence-electron chi connectivity index (χ4n) is 1.28. The number of carbonyl (C=O) groups is 1. The van der Waals surface area contributed by atoms with Crippen molar-refractivity contribution in [3.8, 4) is 5.75 Å². The Bertz CT molecular complexity index is 630. The molecule has 92 valence electrons. The molecule has 6 heteroatoms. The molecule has 2 aromatic rings. The first-order valence-corrected chi connectivity index (χ1v) is 5.33. The third-order valence-electron chi connectivity index (χ3n) is 2.17. The van der Waals surface area contributed by atoms with Crippen LogP contribution in [0, 0.1) is 0 Å². The fraction of sp³-hybridized carbons (Fsp3) is 0. The number of carbonyl (C=O) groups excluding carboxylic acids is 1. The number of nitrogens with one attached hydrogen (secondary N) is 1. The van der Waals surface area contributed by atoms with Gasteiger partial charge in [-0.1, -0.05) is 11.6 Å². The number of phenolic OH excluding ortho intramolecular Hbond substituents is 1. The summed E-state index contributed by atoms with van der Waals surface area (Å²) in [4.78, 5) is 22.5. The first-order chi connectivity index (χ1) is 8.56. The van der Waals surface area contributed by atoms with Gasteiger partial charge in [0.25, 0.3) is 5.91 Å². The third-order valence-corrected chi connectivity index (χ3v) is 2.49. The van der Waals surface area contributed by atoms with E-state index in [0.717, 1.165) is 12.3 Å². The van der Waals surface area contributed by atoms with Gasteiger partial charge in [-0.25, -0.2) is 4.79 Å². The molecule has 0 unspecified atom stereocenters. The Morgan fingerprint density at radius 3 is 2.67 bits per heavy atom. The normalized spacial score (nSPS) is 10.1. The van der Waals surface area contributed by atoms with Gasteiger partial charge < -0.3 is 14.8 Å². The van der Waals surface area contributed by atoms with Gasteiger partial charge in [-0.05, 0) is 18.2 Å². The molecule has 0 saturated carbocycles. The van der Waals surface area contributed by atoms with Gasteiger partial charge >= 0.3 is 5.63 Å². The summed E-state index contributed by atoms with van der Waals surface area (Å²) in [6.45, 7) is 0. The van der Waals surface area contributed by atoms with Gasteiger partial charge in [0.2, 0.25) is 0 Å². The molecule has 0 aliphatic rings. The van der Waals surface area contributed by atoms with Crippen LogP contribution in [-0.2, 0) is 0 Å². The van der Waals surface area contributed by atoms with Gasteiger partial charge in [0.15, 0.2) is 0 Å². The molecule has 0 fully saturated rings. The maximum absolute atomic E-state index is 11.7. The minimum atomic E-state index is -0.532. The van der Waals surface area contributed by atoms with Crippen LogP contribution in [0.1, 0.15) is 10.4 Å². The number of hydrogen-bond acceptors (Lipinski definition) is 4. The smallest absolute Gasteiger partial charge is 0.335 e. The molecule has 0 atom stereocenters. The molecule has 0 bridgehead atoms. The van der Waals surface area contributed by atoms with Crippen molar-refractivity contribution in [3.05, 3.63) is 57.6 Å². The molecule has 0 aliphatic heterocycles. The summed E-state index contributed by atoms with van der Waals surface area (Å²) in [5, 5.41) is 12.1. The first-order valence-electron chi connectivity index (χ1n) is 4.95. The molecule has 0 radical (unpaired) electrons. The van der Waals surface area contributed by atoms with E-state index in [0.29, 0.717) is 5.69 Å². The van der Waals surface area contributed by atoms with Crippen molar-refractivity contribution in [2.45, 2.75) is 0 Å². The molecule has 2 N–H and O–H groups in total. The van der Waals surface area contributed by atoms with Crippen LogP contribution in [0.3, 0.4) is 0 Å². The van der Waals surface area contributed by atoms with Crippen LogP contribution in [0.25, 0.3) is 0 Å². The summed E-state index contributed by atoms with van der Waals surface area (Å²) in [7, 11) is 0. The minimum absolute atomic E-state index is 0.130. The lowest BCUT2D eigenvalue weighted by Crippen LogP contribution is -2.12.